The second kappa shape index (κ2) is 4.17. The van der Waals surface area contributed by atoms with Crippen LogP contribution in [0.4, 0.5) is 0 Å². The van der Waals surface area contributed by atoms with Crippen LogP contribution in [0.5, 0.6) is 0 Å². The third kappa shape index (κ3) is 4.36. The lowest BCUT2D eigenvalue weighted by Crippen LogP contribution is -1.91. The topological polar surface area (TPSA) is 47.3 Å². The smallest absolute Gasteiger partial charge is 0.236 e. The van der Waals surface area contributed by atoms with E-state index in [-0.39, 0.29) is 11.0 Å². The van der Waals surface area contributed by atoms with Crippen molar-refractivity contribution in [2.45, 2.75) is 0 Å². The Labute approximate surface area is 85.4 Å². The van der Waals surface area contributed by atoms with Gasteiger partial charge in [-0.05, 0) is 29.8 Å². The van der Waals surface area contributed by atoms with Crippen LogP contribution in [0.1, 0.15) is 5.76 Å². The Morgan fingerprint density at radius 3 is 2.62 bits per heavy atom. The largest absolute Gasteiger partial charge is 0.445 e. The fraction of sp³-hybridized carbons (Fsp3) is 0.143. The van der Waals surface area contributed by atoms with Crippen molar-refractivity contribution in [3.8, 4) is 0 Å². The highest BCUT2D eigenvalue weighted by atomic mass is 35.7. The molecule has 0 amide bonds. The fourth-order valence-electron chi connectivity index (χ4n) is 0.697. The van der Waals surface area contributed by atoms with Crippen LogP contribution in [-0.4, -0.2) is 14.2 Å². The molecule has 0 saturated heterocycles. The summed E-state index contributed by atoms with van der Waals surface area (Å²) in [5, 5.41) is 0.258. The number of hydrogen-bond donors (Lipinski definition) is 0. The van der Waals surface area contributed by atoms with Gasteiger partial charge in [0.15, 0.2) is 5.22 Å². The number of halogens is 2. The number of hydrogen-bond acceptors (Lipinski definition) is 3. The fourth-order valence-corrected chi connectivity index (χ4v) is 1.39. The van der Waals surface area contributed by atoms with Crippen LogP contribution >= 0.6 is 22.3 Å². The van der Waals surface area contributed by atoms with Gasteiger partial charge >= 0.3 is 0 Å². The molecule has 3 nitrogen and oxygen atoms in total. The molecule has 0 unspecified atom stereocenters. The Bertz CT molecular complexity index is 405. The minimum Gasteiger partial charge on any atom is -0.445 e. The normalized spacial score (nSPS) is 12.5. The molecule has 0 aromatic carbocycles. The van der Waals surface area contributed by atoms with Crippen molar-refractivity contribution in [1.29, 1.82) is 0 Å². The summed E-state index contributed by atoms with van der Waals surface area (Å²) in [5.74, 6) is 0.262. The van der Waals surface area contributed by atoms with Crippen molar-refractivity contribution < 1.29 is 12.8 Å². The molecule has 1 aromatic heterocycles. The molecule has 6 heteroatoms. The van der Waals surface area contributed by atoms with Crippen LogP contribution in [-0.2, 0) is 9.05 Å². The Kier molecular flexibility index (Phi) is 3.41. The van der Waals surface area contributed by atoms with Gasteiger partial charge in [-0.25, -0.2) is 8.42 Å². The molecule has 1 heterocycles. The summed E-state index contributed by atoms with van der Waals surface area (Å²) in [5.41, 5.74) is 0. The summed E-state index contributed by atoms with van der Waals surface area (Å²) in [6.07, 6.45) is 2.88. The first-order valence-electron chi connectivity index (χ1n) is 3.31. The van der Waals surface area contributed by atoms with E-state index in [1.807, 2.05) is 0 Å². The van der Waals surface area contributed by atoms with Gasteiger partial charge in [-0.2, -0.15) is 0 Å². The van der Waals surface area contributed by atoms with Gasteiger partial charge in [0.1, 0.15) is 5.76 Å². The highest BCUT2D eigenvalue weighted by Crippen LogP contribution is 2.14. The molecule has 0 radical (unpaired) electrons. The average Bonchev–Trinajstić information content (AvgIpc) is 2.33. The molecule has 1 rings (SSSR count). The van der Waals surface area contributed by atoms with Gasteiger partial charge in [0.25, 0.3) is 0 Å². The van der Waals surface area contributed by atoms with Crippen molar-refractivity contribution in [2.75, 3.05) is 5.75 Å². The molecule has 0 bridgehead atoms. The molecule has 0 saturated carbocycles. The maximum absolute atomic E-state index is 10.5. The van der Waals surface area contributed by atoms with Gasteiger partial charge in [-0.1, -0.05) is 6.08 Å². The molecule has 0 aliphatic heterocycles. The third-order valence-corrected chi connectivity index (χ3v) is 2.34. The molecule has 0 aliphatic carbocycles. The predicted octanol–water partition coefficient (Wildman–Crippen LogP) is 2.51. The lowest BCUT2D eigenvalue weighted by Gasteiger charge is -1.85. The summed E-state index contributed by atoms with van der Waals surface area (Å²) >= 11 is 5.48. The highest BCUT2D eigenvalue weighted by Gasteiger charge is 2.00. The Morgan fingerprint density at radius 2 is 2.15 bits per heavy atom. The van der Waals surface area contributed by atoms with E-state index < -0.39 is 9.05 Å². The van der Waals surface area contributed by atoms with Crippen LogP contribution in [0, 0.1) is 0 Å². The van der Waals surface area contributed by atoms with Gasteiger partial charge in [-0.15, -0.1) is 0 Å². The van der Waals surface area contributed by atoms with Crippen LogP contribution in [0.3, 0.4) is 0 Å². The Balaban J connectivity index is 2.60. The first-order chi connectivity index (χ1) is 5.97. The van der Waals surface area contributed by atoms with E-state index in [2.05, 4.69) is 0 Å². The summed E-state index contributed by atoms with van der Waals surface area (Å²) in [6.45, 7) is 0. The van der Waals surface area contributed by atoms with E-state index in [4.69, 9.17) is 26.7 Å². The number of furan rings is 1. The molecule has 72 valence electrons. The molecule has 0 fully saturated rings. The zero-order valence-corrected chi connectivity index (χ0v) is 8.73. The molecule has 13 heavy (non-hydrogen) atoms. The second-order valence-electron chi connectivity index (χ2n) is 2.25. The average molecular weight is 241 g/mol. The minimum atomic E-state index is -3.48. The summed E-state index contributed by atoms with van der Waals surface area (Å²) < 4.78 is 25.9. The van der Waals surface area contributed by atoms with Crippen LogP contribution in [0.2, 0.25) is 5.22 Å². The molecular formula is C7H6Cl2O3S. The van der Waals surface area contributed by atoms with E-state index in [1.165, 1.54) is 12.2 Å². The molecule has 0 spiro atoms. The lowest BCUT2D eigenvalue weighted by molar-refractivity contribution is 0.559. The summed E-state index contributed by atoms with van der Waals surface area (Å²) in [7, 11) is 1.49. The van der Waals surface area contributed by atoms with E-state index in [0.717, 1.165) is 0 Å². The maximum Gasteiger partial charge on any atom is 0.236 e. The summed E-state index contributed by atoms with van der Waals surface area (Å²) in [4.78, 5) is 0. The molecular weight excluding hydrogens is 235 g/mol. The van der Waals surface area contributed by atoms with Gasteiger partial charge in [0.05, 0.1) is 5.75 Å². The standard InChI is InChI=1S/C7H6Cl2O3S/c8-7-4-3-6(12-7)2-1-5-13(9,10)11/h1-4H,5H2/b2-1-. The zero-order chi connectivity index (χ0) is 9.90. The SMILES string of the molecule is O=S(=O)(Cl)C/C=C\c1ccc(Cl)o1. The molecule has 1 aromatic rings. The number of rotatable bonds is 3. The van der Waals surface area contributed by atoms with Crippen molar-refractivity contribution in [2.24, 2.45) is 0 Å². The van der Waals surface area contributed by atoms with Gasteiger partial charge in [0.2, 0.25) is 9.05 Å². The zero-order valence-electron chi connectivity index (χ0n) is 6.41. The van der Waals surface area contributed by atoms with Crippen LogP contribution in [0.15, 0.2) is 22.6 Å². The maximum atomic E-state index is 10.5. The van der Waals surface area contributed by atoms with Crippen LogP contribution < -0.4 is 0 Å². The first-order valence-corrected chi connectivity index (χ1v) is 6.17. The van der Waals surface area contributed by atoms with Crippen molar-refractivity contribution in [3.05, 3.63) is 29.2 Å². The molecule has 0 atom stereocenters. The molecule has 0 N–H and O–H groups in total. The first kappa shape index (κ1) is 10.6. The van der Waals surface area contributed by atoms with Gasteiger partial charge in [-0.3, -0.25) is 0 Å². The monoisotopic (exact) mass is 240 g/mol. The van der Waals surface area contributed by atoms with Gasteiger partial charge < -0.3 is 4.42 Å². The van der Waals surface area contributed by atoms with E-state index in [1.54, 1.807) is 12.1 Å². The van der Waals surface area contributed by atoms with E-state index >= 15 is 0 Å². The predicted molar refractivity (Wildman–Crippen MR) is 52.4 cm³/mol. The summed E-state index contributed by atoms with van der Waals surface area (Å²) in [6, 6.07) is 3.19. The van der Waals surface area contributed by atoms with Crippen molar-refractivity contribution in [1.82, 2.24) is 0 Å². The van der Waals surface area contributed by atoms with Crippen molar-refractivity contribution in [3.63, 3.8) is 0 Å². The van der Waals surface area contributed by atoms with Crippen LogP contribution in [0.25, 0.3) is 6.08 Å². The second-order valence-corrected chi connectivity index (χ2v) is 5.44. The Morgan fingerprint density at radius 1 is 1.46 bits per heavy atom. The minimum absolute atomic E-state index is 0.229. The highest BCUT2D eigenvalue weighted by molar-refractivity contribution is 8.13. The van der Waals surface area contributed by atoms with E-state index in [9.17, 15) is 8.42 Å². The van der Waals surface area contributed by atoms with Gasteiger partial charge in [0, 0.05) is 10.7 Å². The quantitative estimate of drug-likeness (QED) is 0.764. The lowest BCUT2D eigenvalue weighted by atomic mass is 10.4. The molecule has 0 aliphatic rings. The van der Waals surface area contributed by atoms with Crippen molar-refractivity contribution >= 4 is 37.4 Å². The third-order valence-electron chi connectivity index (χ3n) is 1.17. The Hall–Kier alpha value is -0.450. The van der Waals surface area contributed by atoms with E-state index in [0.29, 0.717) is 5.76 Å².